The lowest BCUT2D eigenvalue weighted by Gasteiger charge is -2.20. The van der Waals surface area contributed by atoms with E-state index in [-0.39, 0.29) is 0 Å². The molecule has 0 N–H and O–H groups in total. The minimum atomic E-state index is 0.396. The van der Waals surface area contributed by atoms with Crippen LogP contribution in [0.25, 0.3) is 0 Å². The summed E-state index contributed by atoms with van der Waals surface area (Å²) in [7, 11) is 0. The van der Waals surface area contributed by atoms with Gasteiger partial charge in [-0.05, 0) is 43.9 Å². The number of nitrogens with zero attached hydrogens (tertiary/aromatic N) is 1. The van der Waals surface area contributed by atoms with Crippen molar-refractivity contribution in [3.05, 3.63) is 16.1 Å². The van der Waals surface area contributed by atoms with Gasteiger partial charge in [0.1, 0.15) is 5.78 Å². The van der Waals surface area contributed by atoms with E-state index in [2.05, 4.69) is 4.98 Å². The standard InChI is InChI=1S/C14H19NOS/c1-9-15-13(8-17-9)7-14(16)6-12-5-10-2-3-11(12)4-10/h8,10-12H,2-7H2,1H3. The summed E-state index contributed by atoms with van der Waals surface area (Å²) in [5.74, 6) is 2.90. The first-order valence-electron chi connectivity index (χ1n) is 6.63. The lowest BCUT2D eigenvalue weighted by atomic mass is 9.85. The maximum absolute atomic E-state index is 12.0. The molecule has 3 heteroatoms. The number of aromatic nitrogens is 1. The van der Waals surface area contributed by atoms with E-state index < -0.39 is 0 Å². The summed E-state index contributed by atoms with van der Waals surface area (Å²) < 4.78 is 0. The lowest BCUT2D eigenvalue weighted by molar-refractivity contribution is -0.119. The zero-order valence-corrected chi connectivity index (χ0v) is 11.1. The Morgan fingerprint density at radius 1 is 1.47 bits per heavy atom. The Labute approximate surface area is 106 Å². The van der Waals surface area contributed by atoms with Gasteiger partial charge in [-0.15, -0.1) is 11.3 Å². The molecule has 17 heavy (non-hydrogen) atoms. The summed E-state index contributed by atoms with van der Waals surface area (Å²) in [6, 6.07) is 0. The van der Waals surface area contributed by atoms with Crippen LogP contribution in [0.15, 0.2) is 5.38 Å². The molecular weight excluding hydrogens is 230 g/mol. The third-order valence-corrected chi connectivity index (χ3v) is 5.24. The molecule has 0 radical (unpaired) electrons. The zero-order valence-electron chi connectivity index (χ0n) is 10.3. The Morgan fingerprint density at radius 2 is 2.35 bits per heavy atom. The normalized spacial score (nSPS) is 31.0. The molecule has 2 aliphatic carbocycles. The first-order chi connectivity index (χ1) is 8.20. The van der Waals surface area contributed by atoms with Gasteiger partial charge in [0, 0.05) is 18.2 Å². The molecule has 0 spiro atoms. The Bertz CT molecular complexity index is 426. The second-order valence-electron chi connectivity index (χ2n) is 5.71. The predicted molar refractivity (Wildman–Crippen MR) is 69.1 cm³/mol. The number of hydrogen-bond donors (Lipinski definition) is 0. The van der Waals surface area contributed by atoms with Crippen molar-refractivity contribution in [2.75, 3.05) is 0 Å². The number of Topliss-reactive ketones (excluding diaryl/α,β-unsaturated/α-hetero) is 1. The number of hydrogen-bond acceptors (Lipinski definition) is 3. The van der Waals surface area contributed by atoms with Gasteiger partial charge in [0.15, 0.2) is 0 Å². The average molecular weight is 249 g/mol. The Morgan fingerprint density at radius 3 is 2.94 bits per heavy atom. The van der Waals surface area contributed by atoms with E-state index in [0.29, 0.717) is 18.1 Å². The fourth-order valence-electron chi connectivity index (χ4n) is 3.68. The topological polar surface area (TPSA) is 30.0 Å². The van der Waals surface area contributed by atoms with Crippen LogP contribution >= 0.6 is 11.3 Å². The maximum Gasteiger partial charge on any atom is 0.139 e. The highest BCUT2D eigenvalue weighted by Crippen LogP contribution is 2.49. The smallest absolute Gasteiger partial charge is 0.139 e. The number of fused-ring (bicyclic) bond motifs is 2. The van der Waals surface area contributed by atoms with Gasteiger partial charge >= 0.3 is 0 Å². The minimum absolute atomic E-state index is 0.396. The van der Waals surface area contributed by atoms with Crippen molar-refractivity contribution in [2.24, 2.45) is 17.8 Å². The third-order valence-electron chi connectivity index (χ3n) is 4.42. The molecule has 2 fully saturated rings. The van der Waals surface area contributed by atoms with E-state index in [1.165, 1.54) is 25.7 Å². The van der Waals surface area contributed by atoms with E-state index in [1.54, 1.807) is 11.3 Å². The fourth-order valence-corrected chi connectivity index (χ4v) is 4.30. The zero-order chi connectivity index (χ0) is 11.8. The number of rotatable bonds is 4. The van der Waals surface area contributed by atoms with Gasteiger partial charge in [-0.2, -0.15) is 0 Å². The molecule has 1 aromatic heterocycles. The van der Waals surface area contributed by atoms with Crippen molar-refractivity contribution in [1.29, 1.82) is 0 Å². The van der Waals surface area contributed by atoms with Crippen LogP contribution in [0.3, 0.4) is 0 Å². The molecule has 0 aliphatic heterocycles. The number of aryl methyl sites for hydroxylation is 1. The quantitative estimate of drug-likeness (QED) is 0.818. The number of carbonyl (C=O) groups is 1. The summed E-state index contributed by atoms with van der Waals surface area (Å²) in [5.41, 5.74) is 0.973. The van der Waals surface area contributed by atoms with E-state index in [4.69, 9.17) is 0 Å². The van der Waals surface area contributed by atoms with Crippen molar-refractivity contribution in [1.82, 2.24) is 4.98 Å². The van der Waals surface area contributed by atoms with Crippen LogP contribution in [-0.2, 0) is 11.2 Å². The van der Waals surface area contributed by atoms with Crippen LogP contribution in [0.4, 0.5) is 0 Å². The van der Waals surface area contributed by atoms with Crippen LogP contribution in [0.5, 0.6) is 0 Å². The number of thiazole rings is 1. The molecule has 2 aliphatic rings. The van der Waals surface area contributed by atoms with Gasteiger partial charge in [-0.25, -0.2) is 4.98 Å². The van der Waals surface area contributed by atoms with Gasteiger partial charge in [-0.1, -0.05) is 6.42 Å². The van der Waals surface area contributed by atoms with Crippen molar-refractivity contribution in [3.63, 3.8) is 0 Å². The molecule has 0 aromatic carbocycles. The predicted octanol–water partition coefficient (Wildman–Crippen LogP) is 3.39. The average Bonchev–Trinajstić information content (AvgIpc) is 2.95. The molecule has 1 heterocycles. The largest absolute Gasteiger partial charge is 0.299 e. The van der Waals surface area contributed by atoms with Crippen molar-refractivity contribution < 1.29 is 4.79 Å². The van der Waals surface area contributed by atoms with E-state index in [1.807, 2.05) is 12.3 Å². The first-order valence-corrected chi connectivity index (χ1v) is 7.51. The molecule has 2 nitrogen and oxygen atoms in total. The van der Waals surface area contributed by atoms with Gasteiger partial charge in [0.05, 0.1) is 10.7 Å². The minimum Gasteiger partial charge on any atom is -0.299 e. The van der Waals surface area contributed by atoms with Gasteiger partial charge in [0.25, 0.3) is 0 Å². The summed E-state index contributed by atoms with van der Waals surface area (Å²) in [4.78, 5) is 16.4. The summed E-state index contributed by atoms with van der Waals surface area (Å²) in [6.45, 7) is 1.99. The molecular formula is C14H19NOS. The molecule has 92 valence electrons. The molecule has 0 saturated heterocycles. The summed E-state index contributed by atoms with van der Waals surface area (Å²) in [5, 5.41) is 3.08. The van der Waals surface area contributed by atoms with Gasteiger partial charge in [0.2, 0.25) is 0 Å². The first kappa shape index (κ1) is 11.4. The van der Waals surface area contributed by atoms with Crippen molar-refractivity contribution in [2.45, 2.75) is 45.4 Å². The molecule has 1 aromatic rings. The van der Waals surface area contributed by atoms with E-state index >= 15 is 0 Å². The summed E-state index contributed by atoms with van der Waals surface area (Å²) >= 11 is 1.64. The number of carbonyl (C=O) groups excluding carboxylic acids is 1. The second-order valence-corrected chi connectivity index (χ2v) is 6.77. The molecule has 0 amide bonds. The third kappa shape index (κ3) is 2.44. The van der Waals surface area contributed by atoms with Crippen LogP contribution in [-0.4, -0.2) is 10.8 Å². The van der Waals surface area contributed by atoms with Crippen LogP contribution in [0.2, 0.25) is 0 Å². The number of ketones is 1. The van der Waals surface area contributed by atoms with Crippen molar-refractivity contribution in [3.8, 4) is 0 Å². The molecule has 2 saturated carbocycles. The van der Waals surface area contributed by atoms with E-state index in [9.17, 15) is 4.79 Å². The highest BCUT2D eigenvalue weighted by Gasteiger charge is 2.39. The highest BCUT2D eigenvalue weighted by atomic mass is 32.1. The highest BCUT2D eigenvalue weighted by molar-refractivity contribution is 7.09. The van der Waals surface area contributed by atoms with Crippen LogP contribution in [0.1, 0.15) is 42.8 Å². The fraction of sp³-hybridized carbons (Fsp3) is 0.714. The van der Waals surface area contributed by atoms with Gasteiger partial charge < -0.3 is 0 Å². The SMILES string of the molecule is Cc1nc(CC(=O)CC2CC3CCC2C3)cs1. The Balaban J connectivity index is 1.54. The molecule has 2 bridgehead atoms. The molecule has 3 atom stereocenters. The van der Waals surface area contributed by atoms with E-state index in [0.717, 1.165) is 29.0 Å². The van der Waals surface area contributed by atoms with Crippen LogP contribution in [0, 0.1) is 24.7 Å². The maximum atomic E-state index is 12.0. The monoisotopic (exact) mass is 249 g/mol. The summed E-state index contributed by atoms with van der Waals surface area (Å²) in [6.07, 6.45) is 6.86. The molecule has 3 unspecified atom stereocenters. The second kappa shape index (κ2) is 4.52. The van der Waals surface area contributed by atoms with Gasteiger partial charge in [-0.3, -0.25) is 4.79 Å². The Hall–Kier alpha value is -0.700. The lowest BCUT2D eigenvalue weighted by Crippen LogP contribution is -2.16. The Kier molecular flexibility index (Phi) is 3.03. The molecule has 3 rings (SSSR count). The van der Waals surface area contributed by atoms with Crippen LogP contribution < -0.4 is 0 Å². The van der Waals surface area contributed by atoms with Crippen molar-refractivity contribution >= 4 is 17.1 Å².